The minimum atomic E-state index is 0.605. The van der Waals surface area contributed by atoms with E-state index in [0.717, 1.165) is 29.9 Å². The number of ether oxygens (including phenoxy) is 3. The van der Waals surface area contributed by atoms with Gasteiger partial charge in [0.15, 0.2) is 17.5 Å². The Labute approximate surface area is 163 Å². The second kappa shape index (κ2) is 10.9. The Morgan fingerprint density at radius 2 is 1.56 bits per heavy atom. The lowest BCUT2D eigenvalue weighted by atomic mass is 9.81. The van der Waals surface area contributed by atoms with Crippen LogP contribution in [0, 0.1) is 11.8 Å². The van der Waals surface area contributed by atoms with Gasteiger partial charge in [-0.25, -0.2) is 0 Å². The van der Waals surface area contributed by atoms with Crippen molar-refractivity contribution in [1.82, 2.24) is 10.6 Å². The topological polar surface area (TPSA) is 64.1 Å². The first-order valence-electron chi connectivity index (χ1n) is 9.88. The molecule has 0 radical (unpaired) electrons. The predicted octanol–water partition coefficient (Wildman–Crippen LogP) is 3.59. The Kier molecular flexibility index (Phi) is 8.55. The van der Waals surface area contributed by atoms with Gasteiger partial charge in [0.1, 0.15) is 0 Å². The molecule has 6 heteroatoms. The van der Waals surface area contributed by atoms with Gasteiger partial charge in [0.05, 0.1) is 21.3 Å². The maximum atomic E-state index is 5.42. The summed E-state index contributed by atoms with van der Waals surface area (Å²) < 4.78 is 16.2. The SMILES string of the molecule is CCC1CCC(CNC(=NC)NCc2cc(OC)c(OC)c(OC)c2)CC1. The average Bonchev–Trinajstić information content (AvgIpc) is 2.73. The number of aliphatic imine (C=N–C) groups is 1. The summed E-state index contributed by atoms with van der Waals surface area (Å²) in [4.78, 5) is 4.34. The van der Waals surface area contributed by atoms with E-state index in [-0.39, 0.29) is 0 Å². The van der Waals surface area contributed by atoms with Gasteiger partial charge in [0.25, 0.3) is 0 Å². The fourth-order valence-electron chi connectivity index (χ4n) is 3.73. The highest BCUT2D eigenvalue weighted by molar-refractivity contribution is 5.79. The molecule has 1 aliphatic rings. The number of nitrogens with zero attached hydrogens (tertiary/aromatic N) is 1. The minimum Gasteiger partial charge on any atom is -0.493 e. The van der Waals surface area contributed by atoms with E-state index in [1.54, 1.807) is 28.4 Å². The summed E-state index contributed by atoms with van der Waals surface area (Å²) in [5.74, 6) is 4.41. The van der Waals surface area contributed by atoms with Crippen LogP contribution < -0.4 is 24.8 Å². The lowest BCUT2D eigenvalue weighted by molar-refractivity contribution is 0.269. The molecule has 2 N–H and O–H groups in total. The van der Waals surface area contributed by atoms with Crippen LogP contribution in [0.15, 0.2) is 17.1 Å². The molecule has 0 aliphatic heterocycles. The third-order valence-electron chi connectivity index (χ3n) is 5.51. The smallest absolute Gasteiger partial charge is 0.203 e. The van der Waals surface area contributed by atoms with Crippen LogP contribution in [-0.4, -0.2) is 40.9 Å². The summed E-state index contributed by atoms with van der Waals surface area (Å²) in [6.07, 6.45) is 6.67. The van der Waals surface area contributed by atoms with Gasteiger partial charge >= 0.3 is 0 Å². The molecular formula is C21H35N3O3. The van der Waals surface area contributed by atoms with Crippen molar-refractivity contribution in [3.8, 4) is 17.2 Å². The number of methoxy groups -OCH3 is 3. The Bertz CT molecular complexity index is 586. The molecule has 1 aliphatic carbocycles. The van der Waals surface area contributed by atoms with Gasteiger partial charge < -0.3 is 24.8 Å². The highest BCUT2D eigenvalue weighted by Crippen LogP contribution is 2.38. The molecule has 6 nitrogen and oxygen atoms in total. The fourth-order valence-corrected chi connectivity index (χ4v) is 3.73. The molecule has 0 saturated heterocycles. The highest BCUT2D eigenvalue weighted by Gasteiger charge is 2.20. The van der Waals surface area contributed by atoms with Crippen LogP contribution in [0.2, 0.25) is 0 Å². The van der Waals surface area contributed by atoms with E-state index in [2.05, 4.69) is 22.5 Å². The highest BCUT2D eigenvalue weighted by atomic mass is 16.5. The third-order valence-corrected chi connectivity index (χ3v) is 5.51. The molecular weight excluding hydrogens is 342 g/mol. The number of benzene rings is 1. The van der Waals surface area contributed by atoms with Crippen molar-refractivity contribution in [2.24, 2.45) is 16.8 Å². The lowest BCUT2D eigenvalue weighted by Gasteiger charge is -2.28. The molecule has 152 valence electrons. The van der Waals surface area contributed by atoms with E-state index in [0.29, 0.717) is 23.8 Å². The van der Waals surface area contributed by atoms with Gasteiger partial charge in [-0.2, -0.15) is 0 Å². The van der Waals surface area contributed by atoms with E-state index in [4.69, 9.17) is 14.2 Å². The summed E-state index contributed by atoms with van der Waals surface area (Å²) in [7, 11) is 6.67. The van der Waals surface area contributed by atoms with Crippen molar-refractivity contribution in [1.29, 1.82) is 0 Å². The molecule has 1 aromatic rings. The van der Waals surface area contributed by atoms with E-state index < -0.39 is 0 Å². The first kappa shape index (κ1) is 21.2. The van der Waals surface area contributed by atoms with Crippen molar-refractivity contribution in [2.45, 2.75) is 45.6 Å². The Morgan fingerprint density at radius 1 is 0.963 bits per heavy atom. The zero-order chi connectivity index (χ0) is 19.6. The summed E-state index contributed by atoms with van der Waals surface area (Å²) in [6.45, 7) is 3.91. The maximum Gasteiger partial charge on any atom is 0.203 e. The Hall–Kier alpha value is -2.11. The van der Waals surface area contributed by atoms with E-state index in [9.17, 15) is 0 Å². The summed E-state index contributed by atoms with van der Waals surface area (Å²) in [5.41, 5.74) is 1.04. The molecule has 1 aromatic carbocycles. The molecule has 0 unspecified atom stereocenters. The average molecular weight is 378 g/mol. The normalized spacial score (nSPS) is 20.1. The van der Waals surface area contributed by atoms with Crippen LogP contribution in [-0.2, 0) is 6.54 Å². The van der Waals surface area contributed by atoms with Gasteiger partial charge in [-0.3, -0.25) is 4.99 Å². The number of hydrogen-bond acceptors (Lipinski definition) is 4. The van der Waals surface area contributed by atoms with Gasteiger partial charge in [-0.1, -0.05) is 26.2 Å². The summed E-state index contributed by atoms with van der Waals surface area (Å²) >= 11 is 0. The second-order valence-corrected chi connectivity index (χ2v) is 7.14. The predicted molar refractivity (Wildman–Crippen MR) is 110 cm³/mol. The van der Waals surface area contributed by atoms with E-state index >= 15 is 0 Å². The molecule has 27 heavy (non-hydrogen) atoms. The van der Waals surface area contributed by atoms with Crippen LogP contribution in [0.25, 0.3) is 0 Å². The van der Waals surface area contributed by atoms with E-state index in [1.165, 1.54) is 32.1 Å². The molecule has 0 heterocycles. The van der Waals surface area contributed by atoms with Gasteiger partial charge in [0, 0.05) is 20.1 Å². The summed E-state index contributed by atoms with van der Waals surface area (Å²) in [6, 6.07) is 3.90. The summed E-state index contributed by atoms with van der Waals surface area (Å²) in [5, 5.41) is 6.85. The number of guanidine groups is 1. The fraction of sp³-hybridized carbons (Fsp3) is 0.667. The van der Waals surface area contributed by atoms with Crippen LogP contribution >= 0.6 is 0 Å². The molecule has 1 fully saturated rings. The van der Waals surface area contributed by atoms with Crippen LogP contribution in [0.4, 0.5) is 0 Å². The van der Waals surface area contributed by atoms with E-state index in [1.807, 2.05) is 12.1 Å². The zero-order valence-electron chi connectivity index (χ0n) is 17.4. The quantitative estimate of drug-likeness (QED) is 0.535. The zero-order valence-corrected chi connectivity index (χ0v) is 17.4. The molecule has 1 saturated carbocycles. The largest absolute Gasteiger partial charge is 0.493 e. The molecule has 0 spiro atoms. The van der Waals surface area contributed by atoms with Crippen molar-refractivity contribution in [3.05, 3.63) is 17.7 Å². The van der Waals surface area contributed by atoms with Crippen molar-refractivity contribution in [2.75, 3.05) is 34.9 Å². The second-order valence-electron chi connectivity index (χ2n) is 7.14. The number of nitrogens with one attached hydrogen (secondary N) is 2. The molecule has 0 aromatic heterocycles. The Balaban J connectivity index is 1.88. The van der Waals surface area contributed by atoms with Crippen molar-refractivity contribution >= 4 is 5.96 Å². The first-order chi connectivity index (χ1) is 13.1. The molecule has 0 atom stereocenters. The standard InChI is InChI=1S/C21H35N3O3/c1-6-15-7-9-16(10-8-15)13-23-21(22-2)24-14-17-11-18(25-3)20(27-5)19(12-17)26-4/h11-12,15-16H,6-10,13-14H2,1-5H3,(H2,22,23,24). The Morgan fingerprint density at radius 3 is 2.04 bits per heavy atom. The molecule has 0 bridgehead atoms. The van der Waals surface area contributed by atoms with Gasteiger partial charge in [0.2, 0.25) is 5.75 Å². The first-order valence-corrected chi connectivity index (χ1v) is 9.88. The van der Waals surface area contributed by atoms with Gasteiger partial charge in [-0.15, -0.1) is 0 Å². The van der Waals surface area contributed by atoms with Crippen LogP contribution in [0.5, 0.6) is 17.2 Å². The minimum absolute atomic E-state index is 0.605. The number of rotatable bonds is 8. The van der Waals surface area contributed by atoms with Crippen molar-refractivity contribution in [3.63, 3.8) is 0 Å². The third kappa shape index (κ3) is 5.94. The monoisotopic (exact) mass is 377 g/mol. The van der Waals surface area contributed by atoms with Crippen LogP contribution in [0.3, 0.4) is 0 Å². The maximum absolute atomic E-state index is 5.42. The lowest BCUT2D eigenvalue weighted by Crippen LogP contribution is -2.40. The van der Waals surface area contributed by atoms with Crippen molar-refractivity contribution < 1.29 is 14.2 Å². The molecule has 2 rings (SSSR count). The van der Waals surface area contributed by atoms with Crippen LogP contribution in [0.1, 0.15) is 44.6 Å². The molecule has 0 amide bonds. The van der Waals surface area contributed by atoms with Gasteiger partial charge in [-0.05, 0) is 42.4 Å². The number of hydrogen-bond donors (Lipinski definition) is 2.